The van der Waals surface area contributed by atoms with Crippen molar-refractivity contribution >= 4 is 0 Å². The molecule has 0 radical (unpaired) electrons. The molecule has 1 aromatic carbocycles. The first-order valence-corrected chi connectivity index (χ1v) is 6.44. The van der Waals surface area contributed by atoms with Crippen molar-refractivity contribution in [2.75, 3.05) is 0 Å². The maximum absolute atomic E-state index is 10.7. The lowest BCUT2D eigenvalue weighted by Crippen LogP contribution is -2.32. The zero-order valence-corrected chi connectivity index (χ0v) is 10.4. The Bertz CT molecular complexity index is 348. The molecule has 1 saturated carbocycles. The first-order valence-electron chi connectivity index (χ1n) is 6.44. The molecule has 88 valence electrons. The summed E-state index contributed by atoms with van der Waals surface area (Å²) in [7, 11) is 0. The Morgan fingerprint density at radius 1 is 1.25 bits per heavy atom. The Morgan fingerprint density at radius 3 is 2.44 bits per heavy atom. The average molecular weight is 218 g/mol. The van der Waals surface area contributed by atoms with E-state index in [1.807, 2.05) is 12.1 Å². The first-order chi connectivity index (χ1) is 7.65. The number of benzene rings is 1. The number of rotatable bonds is 2. The summed E-state index contributed by atoms with van der Waals surface area (Å²) in [4.78, 5) is 0. The van der Waals surface area contributed by atoms with Crippen LogP contribution in [0.3, 0.4) is 0 Å². The third-order valence-corrected chi connectivity index (χ3v) is 4.16. The van der Waals surface area contributed by atoms with Crippen molar-refractivity contribution in [1.82, 2.24) is 0 Å². The van der Waals surface area contributed by atoms with Crippen LogP contribution in [0.4, 0.5) is 0 Å². The smallest absolute Gasteiger partial charge is 0.0899 e. The fourth-order valence-corrected chi connectivity index (χ4v) is 2.93. The van der Waals surface area contributed by atoms with Crippen molar-refractivity contribution in [3.63, 3.8) is 0 Å². The van der Waals surface area contributed by atoms with Crippen LogP contribution in [0, 0.1) is 12.8 Å². The van der Waals surface area contributed by atoms with Crippen LogP contribution in [0.5, 0.6) is 0 Å². The van der Waals surface area contributed by atoms with E-state index in [2.05, 4.69) is 26.0 Å². The summed E-state index contributed by atoms with van der Waals surface area (Å²) < 4.78 is 0. The minimum Gasteiger partial charge on any atom is -0.385 e. The number of hydrogen-bond acceptors (Lipinski definition) is 1. The Kier molecular flexibility index (Phi) is 3.34. The van der Waals surface area contributed by atoms with Gasteiger partial charge in [-0.3, -0.25) is 0 Å². The fraction of sp³-hybridized carbons (Fsp3) is 0.600. The van der Waals surface area contributed by atoms with E-state index in [4.69, 9.17) is 0 Å². The van der Waals surface area contributed by atoms with E-state index in [1.165, 1.54) is 24.8 Å². The lowest BCUT2D eigenvalue weighted by Gasteiger charge is -2.37. The molecule has 1 aromatic rings. The second-order valence-corrected chi connectivity index (χ2v) is 5.20. The molecule has 0 amide bonds. The van der Waals surface area contributed by atoms with Crippen LogP contribution >= 0.6 is 0 Å². The standard InChI is InChI=1S/C15H22O/c1-3-13-8-10-15(16,11-9-13)14-7-5-4-6-12(14)2/h4-7,13,16H,3,8-11H2,1-2H3. The average Bonchev–Trinajstić information content (AvgIpc) is 2.30. The quantitative estimate of drug-likeness (QED) is 0.801. The maximum atomic E-state index is 10.7. The minimum absolute atomic E-state index is 0.559. The molecule has 1 aliphatic carbocycles. The summed E-state index contributed by atoms with van der Waals surface area (Å²) >= 11 is 0. The van der Waals surface area contributed by atoms with Crippen LogP contribution in [-0.4, -0.2) is 5.11 Å². The molecule has 0 saturated heterocycles. The van der Waals surface area contributed by atoms with E-state index in [0.717, 1.165) is 24.3 Å². The molecule has 0 bridgehead atoms. The minimum atomic E-state index is -0.559. The largest absolute Gasteiger partial charge is 0.385 e. The van der Waals surface area contributed by atoms with Crippen LogP contribution in [-0.2, 0) is 5.60 Å². The molecular formula is C15H22O. The molecule has 1 aliphatic rings. The second kappa shape index (κ2) is 4.58. The van der Waals surface area contributed by atoms with Crippen LogP contribution in [0.25, 0.3) is 0 Å². The van der Waals surface area contributed by atoms with Crippen molar-refractivity contribution in [2.24, 2.45) is 5.92 Å². The van der Waals surface area contributed by atoms with Crippen molar-refractivity contribution in [1.29, 1.82) is 0 Å². The van der Waals surface area contributed by atoms with Gasteiger partial charge in [0.25, 0.3) is 0 Å². The highest BCUT2D eigenvalue weighted by molar-refractivity contribution is 5.31. The topological polar surface area (TPSA) is 20.2 Å². The highest BCUT2D eigenvalue weighted by Gasteiger charge is 2.34. The van der Waals surface area contributed by atoms with Gasteiger partial charge >= 0.3 is 0 Å². The molecular weight excluding hydrogens is 196 g/mol. The molecule has 0 aromatic heterocycles. The molecule has 1 N–H and O–H groups in total. The monoisotopic (exact) mass is 218 g/mol. The third-order valence-electron chi connectivity index (χ3n) is 4.16. The van der Waals surface area contributed by atoms with Crippen molar-refractivity contribution in [2.45, 2.75) is 51.6 Å². The Labute approximate surface area is 98.5 Å². The zero-order chi connectivity index (χ0) is 11.6. The summed E-state index contributed by atoms with van der Waals surface area (Å²) in [6, 6.07) is 8.26. The van der Waals surface area contributed by atoms with Crippen LogP contribution < -0.4 is 0 Å². The second-order valence-electron chi connectivity index (χ2n) is 5.20. The SMILES string of the molecule is CCC1CCC(O)(c2ccccc2C)CC1. The van der Waals surface area contributed by atoms with E-state index >= 15 is 0 Å². The first kappa shape index (κ1) is 11.7. The highest BCUT2D eigenvalue weighted by atomic mass is 16.3. The summed E-state index contributed by atoms with van der Waals surface area (Å²) in [6.45, 7) is 4.35. The van der Waals surface area contributed by atoms with Gasteiger partial charge in [0, 0.05) is 0 Å². The summed E-state index contributed by atoms with van der Waals surface area (Å²) in [6.07, 6.45) is 5.44. The number of hydrogen-bond donors (Lipinski definition) is 1. The van der Waals surface area contributed by atoms with Crippen molar-refractivity contribution in [3.05, 3.63) is 35.4 Å². The maximum Gasteiger partial charge on any atom is 0.0899 e. The predicted octanol–water partition coefficient (Wildman–Crippen LogP) is 3.78. The van der Waals surface area contributed by atoms with Gasteiger partial charge in [0.05, 0.1) is 5.60 Å². The van der Waals surface area contributed by atoms with Gasteiger partial charge in [-0.1, -0.05) is 37.6 Å². The van der Waals surface area contributed by atoms with Gasteiger partial charge in [0.2, 0.25) is 0 Å². The van der Waals surface area contributed by atoms with Crippen LogP contribution in [0.1, 0.15) is 50.2 Å². The van der Waals surface area contributed by atoms with E-state index in [1.54, 1.807) is 0 Å². The lowest BCUT2D eigenvalue weighted by atomic mass is 9.73. The fourth-order valence-electron chi connectivity index (χ4n) is 2.93. The molecule has 0 aliphatic heterocycles. The summed E-state index contributed by atoms with van der Waals surface area (Å²) in [5.74, 6) is 0.823. The van der Waals surface area contributed by atoms with E-state index in [-0.39, 0.29) is 0 Å². The Balaban J connectivity index is 2.18. The Hall–Kier alpha value is -0.820. The van der Waals surface area contributed by atoms with Gasteiger partial charge in [-0.15, -0.1) is 0 Å². The normalized spacial score (nSPS) is 30.3. The van der Waals surface area contributed by atoms with Gasteiger partial charge in [-0.25, -0.2) is 0 Å². The van der Waals surface area contributed by atoms with Crippen molar-refractivity contribution < 1.29 is 5.11 Å². The van der Waals surface area contributed by atoms with E-state index in [0.29, 0.717) is 0 Å². The van der Waals surface area contributed by atoms with E-state index in [9.17, 15) is 5.11 Å². The highest BCUT2D eigenvalue weighted by Crippen LogP contribution is 2.41. The molecule has 0 spiro atoms. The van der Waals surface area contributed by atoms with Gasteiger partial charge < -0.3 is 5.11 Å². The van der Waals surface area contributed by atoms with Gasteiger partial charge in [0.1, 0.15) is 0 Å². The summed E-state index contributed by atoms with van der Waals surface area (Å²) in [5, 5.41) is 10.7. The molecule has 16 heavy (non-hydrogen) atoms. The molecule has 0 atom stereocenters. The van der Waals surface area contributed by atoms with Gasteiger partial charge in [-0.05, 0) is 49.7 Å². The molecule has 1 fully saturated rings. The van der Waals surface area contributed by atoms with Gasteiger partial charge in [-0.2, -0.15) is 0 Å². The lowest BCUT2D eigenvalue weighted by molar-refractivity contribution is -0.0150. The molecule has 0 unspecified atom stereocenters. The number of aliphatic hydroxyl groups is 1. The van der Waals surface area contributed by atoms with Crippen LogP contribution in [0.15, 0.2) is 24.3 Å². The molecule has 0 heterocycles. The zero-order valence-electron chi connectivity index (χ0n) is 10.4. The molecule has 1 nitrogen and oxygen atoms in total. The molecule has 1 heteroatoms. The summed E-state index contributed by atoms with van der Waals surface area (Å²) in [5.41, 5.74) is 1.81. The third kappa shape index (κ3) is 2.15. The van der Waals surface area contributed by atoms with Gasteiger partial charge in [0.15, 0.2) is 0 Å². The van der Waals surface area contributed by atoms with Crippen LogP contribution in [0.2, 0.25) is 0 Å². The predicted molar refractivity (Wildman–Crippen MR) is 67.3 cm³/mol. The van der Waals surface area contributed by atoms with Crippen molar-refractivity contribution in [3.8, 4) is 0 Å². The Morgan fingerprint density at radius 2 is 1.88 bits per heavy atom. The number of aryl methyl sites for hydroxylation is 1. The molecule has 2 rings (SSSR count). The van der Waals surface area contributed by atoms with E-state index < -0.39 is 5.60 Å².